The third-order valence-electron chi connectivity index (χ3n) is 7.37. The standard InChI is InChI=1S/C22H30ClN3O2/c1-13(22-10-14-6-15(11-22)8-16(7-14)12-22)25-20(27)9-19(26-21(24)28)17-4-2-3-5-18(17)23/h2-5,13-16,19H,6-12H2,1H3,(H,25,27)(H3,24,26,28)/t13-,14?,15?,16?,19+,22?/m0/s1. The largest absolute Gasteiger partial charge is 0.353 e. The van der Waals surface area contributed by atoms with Crippen molar-refractivity contribution in [1.29, 1.82) is 0 Å². The number of nitrogens with two attached hydrogens (primary N) is 1. The van der Waals surface area contributed by atoms with Crippen LogP contribution in [0.4, 0.5) is 4.79 Å². The van der Waals surface area contributed by atoms with E-state index in [0.717, 1.165) is 17.8 Å². The number of urea groups is 1. The van der Waals surface area contributed by atoms with Crippen LogP contribution in [0, 0.1) is 23.2 Å². The molecule has 5 nitrogen and oxygen atoms in total. The van der Waals surface area contributed by atoms with Crippen LogP contribution in [0.3, 0.4) is 0 Å². The Balaban J connectivity index is 1.43. The van der Waals surface area contributed by atoms with Crippen LogP contribution in [-0.4, -0.2) is 18.0 Å². The number of amides is 3. The lowest BCUT2D eigenvalue weighted by Crippen LogP contribution is -2.56. The SMILES string of the molecule is C[C@H](NC(=O)C[C@@H](NC(N)=O)c1ccccc1Cl)C12CC3CC(CC(C3)C1)C2. The zero-order chi connectivity index (χ0) is 19.9. The van der Waals surface area contributed by atoms with Gasteiger partial charge in [0.05, 0.1) is 12.5 Å². The predicted octanol–water partition coefficient (Wildman–Crippen LogP) is 4.16. The van der Waals surface area contributed by atoms with E-state index < -0.39 is 12.1 Å². The van der Waals surface area contributed by atoms with Gasteiger partial charge >= 0.3 is 6.03 Å². The van der Waals surface area contributed by atoms with E-state index in [1.165, 1.54) is 38.5 Å². The van der Waals surface area contributed by atoms with Gasteiger partial charge in [0.2, 0.25) is 5.91 Å². The van der Waals surface area contributed by atoms with E-state index >= 15 is 0 Å². The molecule has 0 radical (unpaired) electrons. The summed E-state index contributed by atoms with van der Waals surface area (Å²) in [5, 5.41) is 6.44. The van der Waals surface area contributed by atoms with Gasteiger partial charge in [-0.25, -0.2) is 4.79 Å². The topological polar surface area (TPSA) is 84.2 Å². The van der Waals surface area contributed by atoms with E-state index in [9.17, 15) is 9.59 Å². The van der Waals surface area contributed by atoms with Gasteiger partial charge in [-0.2, -0.15) is 0 Å². The Morgan fingerprint density at radius 1 is 1.11 bits per heavy atom. The first-order chi connectivity index (χ1) is 13.3. The number of carbonyl (C=O) groups is 2. The van der Waals surface area contributed by atoms with Crippen LogP contribution >= 0.6 is 11.6 Å². The van der Waals surface area contributed by atoms with Crippen LogP contribution in [-0.2, 0) is 4.79 Å². The van der Waals surface area contributed by atoms with Gasteiger partial charge in [0, 0.05) is 11.1 Å². The minimum Gasteiger partial charge on any atom is -0.353 e. The molecule has 1 aromatic rings. The average Bonchev–Trinajstić information content (AvgIpc) is 2.60. The van der Waals surface area contributed by atoms with E-state index in [1.807, 2.05) is 18.2 Å². The number of halogens is 1. The zero-order valence-electron chi connectivity index (χ0n) is 16.4. The summed E-state index contributed by atoms with van der Waals surface area (Å²) in [6, 6.07) is 6.19. The van der Waals surface area contributed by atoms with Gasteiger partial charge in [-0.05, 0) is 80.2 Å². The van der Waals surface area contributed by atoms with Crippen LogP contribution in [0.2, 0.25) is 5.02 Å². The molecule has 0 spiro atoms. The van der Waals surface area contributed by atoms with Crippen molar-refractivity contribution < 1.29 is 9.59 Å². The molecule has 1 aromatic carbocycles. The van der Waals surface area contributed by atoms with Crippen LogP contribution in [0.15, 0.2) is 24.3 Å². The molecule has 3 amide bonds. The first kappa shape index (κ1) is 19.6. The minimum atomic E-state index is -0.660. The average molecular weight is 404 g/mol. The Kier molecular flexibility index (Phi) is 5.30. The molecule has 5 rings (SSSR count). The molecule has 0 aliphatic heterocycles. The maximum absolute atomic E-state index is 12.9. The number of benzene rings is 1. The van der Waals surface area contributed by atoms with Crippen molar-refractivity contribution in [3.05, 3.63) is 34.9 Å². The molecule has 4 N–H and O–H groups in total. The van der Waals surface area contributed by atoms with Crippen LogP contribution in [0.25, 0.3) is 0 Å². The van der Waals surface area contributed by atoms with Gasteiger partial charge in [0.15, 0.2) is 0 Å². The summed E-state index contributed by atoms with van der Waals surface area (Å²) in [7, 11) is 0. The number of primary amides is 1. The van der Waals surface area contributed by atoms with Crippen molar-refractivity contribution >= 4 is 23.5 Å². The highest BCUT2D eigenvalue weighted by Crippen LogP contribution is 2.61. The first-order valence-electron chi connectivity index (χ1n) is 10.4. The van der Waals surface area contributed by atoms with Crippen LogP contribution in [0.5, 0.6) is 0 Å². The van der Waals surface area contributed by atoms with E-state index in [-0.39, 0.29) is 23.8 Å². The summed E-state index contributed by atoms with van der Waals surface area (Å²) in [5.41, 5.74) is 6.30. The van der Waals surface area contributed by atoms with Crippen LogP contribution in [0.1, 0.15) is 63.5 Å². The predicted molar refractivity (Wildman–Crippen MR) is 110 cm³/mol. The van der Waals surface area contributed by atoms with E-state index in [4.69, 9.17) is 17.3 Å². The number of hydrogen-bond acceptors (Lipinski definition) is 2. The van der Waals surface area contributed by atoms with E-state index in [1.54, 1.807) is 6.07 Å². The lowest BCUT2D eigenvalue weighted by atomic mass is 9.48. The second-order valence-corrected chi connectivity index (χ2v) is 9.76. The maximum atomic E-state index is 12.9. The van der Waals surface area contributed by atoms with Gasteiger partial charge < -0.3 is 16.4 Å². The third kappa shape index (κ3) is 3.86. The van der Waals surface area contributed by atoms with Crippen molar-refractivity contribution in [1.82, 2.24) is 10.6 Å². The Labute approximate surface area is 171 Å². The van der Waals surface area contributed by atoms with Gasteiger partial charge in [0.25, 0.3) is 0 Å². The fourth-order valence-corrected chi connectivity index (χ4v) is 6.78. The molecule has 4 saturated carbocycles. The van der Waals surface area contributed by atoms with Crippen molar-refractivity contribution in [2.45, 2.75) is 64.0 Å². The van der Waals surface area contributed by atoms with Crippen molar-refractivity contribution in [3.8, 4) is 0 Å². The molecule has 0 heterocycles. The summed E-state index contributed by atoms with van der Waals surface area (Å²) in [6.45, 7) is 2.16. The summed E-state index contributed by atoms with van der Waals surface area (Å²) in [5.74, 6) is 2.47. The normalized spacial score (nSPS) is 32.6. The summed E-state index contributed by atoms with van der Waals surface area (Å²) in [4.78, 5) is 24.3. The van der Waals surface area contributed by atoms with Gasteiger partial charge in [-0.15, -0.1) is 0 Å². The molecule has 6 heteroatoms. The number of rotatable bonds is 6. The highest BCUT2D eigenvalue weighted by molar-refractivity contribution is 6.31. The minimum absolute atomic E-state index is 0.0677. The molecular formula is C22H30ClN3O2. The summed E-state index contributed by atoms with van der Waals surface area (Å²) >= 11 is 6.28. The second-order valence-electron chi connectivity index (χ2n) is 9.36. The molecular weight excluding hydrogens is 374 g/mol. The lowest BCUT2D eigenvalue weighted by Gasteiger charge is -2.59. The van der Waals surface area contributed by atoms with Gasteiger partial charge in [-0.3, -0.25) is 4.79 Å². The molecule has 0 aromatic heterocycles. The van der Waals surface area contributed by atoms with Gasteiger partial charge in [-0.1, -0.05) is 29.8 Å². The Bertz CT molecular complexity index is 731. The molecule has 152 valence electrons. The molecule has 4 fully saturated rings. The monoisotopic (exact) mass is 403 g/mol. The van der Waals surface area contributed by atoms with Crippen molar-refractivity contribution in [2.75, 3.05) is 0 Å². The highest BCUT2D eigenvalue weighted by atomic mass is 35.5. The Morgan fingerprint density at radius 3 is 2.21 bits per heavy atom. The molecule has 0 saturated heterocycles. The second kappa shape index (κ2) is 7.58. The fraction of sp³-hybridized carbons (Fsp3) is 0.636. The molecule has 4 aliphatic carbocycles. The first-order valence-corrected chi connectivity index (χ1v) is 10.8. The zero-order valence-corrected chi connectivity index (χ0v) is 17.2. The number of hydrogen-bond donors (Lipinski definition) is 3. The Morgan fingerprint density at radius 2 is 1.68 bits per heavy atom. The summed E-state index contributed by atoms with van der Waals surface area (Å²) in [6.07, 6.45) is 8.02. The Hall–Kier alpha value is -1.75. The van der Waals surface area contributed by atoms with Crippen LogP contribution < -0.4 is 16.4 Å². The van der Waals surface area contributed by atoms with Crippen molar-refractivity contribution in [3.63, 3.8) is 0 Å². The molecule has 4 aliphatic rings. The molecule has 2 atom stereocenters. The number of carbonyl (C=O) groups excluding carboxylic acids is 2. The van der Waals surface area contributed by atoms with Crippen molar-refractivity contribution in [2.24, 2.45) is 28.9 Å². The molecule has 4 bridgehead atoms. The van der Waals surface area contributed by atoms with Gasteiger partial charge in [0.1, 0.15) is 0 Å². The number of nitrogens with one attached hydrogen (secondary N) is 2. The van der Waals surface area contributed by atoms with E-state index in [0.29, 0.717) is 10.6 Å². The lowest BCUT2D eigenvalue weighted by molar-refractivity contribution is -0.126. The molecule has 28 heavy (non-hydrogen) atoms. The maximum Gasteiger partial charge on any atom is 0.312 e. The fourth-order valence-electron chi connectivity index (χ4n) is 6.52. The summed E-state index contributed by atoms with van der Waals surface area (Å²) < 4.78 is 0. The quantitative estimate of drug-likeness (QED) is 0.666. The molecule has 0 unspecified atom stereocenters. The smallest absolute Gasteiger partial charge is 0.312 e. The highest BCUT2D eigenvalue weighted by Gasteiger charge is 2.53. The van der Waals surface area contributed by atoms with E-state index in [2.05, 4.69) is 17.6 Å². The third-order valence-corrected chi connectivity index (χ3v) is 7.71.